The lowest BCUT2D eigenvalue weighted by atomic mass is 9.85. The van der Waals surface area contributed by atoms with Gasteiger partial charge >= 0.3 is 0 Å². The predicted octanol–water partition coefficient (Wildman–Crippen LogP) is 3.12. The molecule has 0 fully saturated rings. The largest absolute Gasteiger partial charge is 0.334 e. The van der Waals surface area contributed by atoms with E-state index in [9.17, 15) is 4.79 Å². The van der Waals surface area contributed by atoms with Crippen LogP contribution in [-0.2, 0) is 23.2 Å². The van der Waals surface area contributed by atoms with Crippen molar-refractivity contribution in [3.05, 3.63) is 71.3 Å². The molecule has 0 N–H and O–H groups in total. The van der Waals surface area contributed by atoms with Crippen LogP contribution in [0.4, 0.5) is 0 Å². The van der Waals surface area contributed by atoms with Crippen molar-refractivity contribution in [1.82, 2.24) is 9.80 Å². The Morgan fingerprint density at radius 2 is 1.42 bits per heavy atom. The van der Waals surface area contributed by atoms with E-state index < -0.39 is 0 Å². The minimum absolute atomic E-state index is 0. The minimum atomic E-state index is -0.280. The van der Waals surface area contributed by atoms with Crippen LogP contribution in [0.15, 0.2) is 54.6 Å². The highest BCUT2D eigenvalue weighted by molar-refractivity contribution is 5.85. The van der Waals surface area contributed by atoms with Gasteiger partial charge in [-0.2, -0.15) is 0 Å². The third kappa shape index (κ3) is 3.33. The second-order valence-corrected chi connectivity index (χ2v) is 6.71. The second-order valence-electron chi connectivity index (χ2n) is 6.71. The van der Waals surface area contributed by atoms with E-state index in [2.05, 4.69) is 48.5 Å². The fourth-order valence-electron chi connectivity index (χ4n) is 3.59. The van der Waals surface area contributed by atoms with Crippen LogP contribution in [0, 0.1) is 0 Å². The van der Waals surface area contributed by atoms with Crippen molar-refractivity contribution in [2.75, 3.05) is 27.7 Å². The number of carbonyl (C=O) groups excluding carboxylic acids is 1. The van der Waals surface area contributed by atoms with E-state index in [4.69, 9.17) is 0 Å². The normalized spacial score (nSPS) is 14.8. The molecule has 0 aromatic heterocycles. The van der Waals surface area contributed by atoms with Crippen molar-refractivity contribution < 1.29 is 4.79 Å². The molecule has 2 aromatic rings. The van der Waals surface area contributed by atoms with Gasteiger partial charge in [0, 0.05) is 19.9 Å². The van der Waals surface area contributed by atoms with Crippen molar-refractivity contribution in [1.29, 1.82) is 0 Å². The molecule has 0 aliphatic heterocycles. The van der Waals surface area contributed by atoms with Gasteiger partial charge in [0.1, 0.15) is 0 Å². The number of carbonyl (C=O) groups is 1. The molecule has 3 nitrogen and oxygen atoms in total. The number of hydrogen-bond acceptors (Lipinski definition) is 2. The SMILES string of the molecule is CN(C)CC(=O)N(C)C1(c2ccccc2)Cc2ccccc2C1.Cl. The fourth-order valence-corrected chi connectivity index (χ4v) is 3.59. The molecule has 1 amide bonds. The Labute approximate surface area is 150 Å². The molecule has 0 radical (unpaired) electrons. The molecular weight excluding hydrogens is 320 g/mol. The van der Waals surface area contributed by atoms with Crippen molar-refractivity contribution in [3.63, 3.8) is 0 Å². The van der Waals surface area contributed by atoms with Gasteiger partial charge < -0.3 is 9.80 Å². The van der Waals surface area contributed by atoms with Gasteiger partial charge in [0.25, 0.3) is 0 Å². The van der Waals surface area contributed by atoms with Crippen molar-refractivity contribution in [3.8, 4) is 0 Å². The monoisotopic (exact) mass is 344 g/mol. The zero-order chi connectivity index (χ0) is 16.4. The Bertz CT molecular complexity index is 675. The van der Waals surface area contributed by atoms with Gasteiger partial charge in [-0.25, -0.2) is 0 Å². The van der Waals surface area contributed by atoms with Crippen LogP contribution in [0.1, 0.15) is 16.7 Å². The molecule has 4 heteroatoms. The quantitative estimate of drug-likeness (QED) is 0.850. The van der Waals surface area contributed by atoms with Crippen LogP contribution >= 0.6 is 12.4 Å². The highest BCUT2D eigenvalue weighted by Gasteiger charge is 2.43. The summed E-state index contributed by atoms with van der Waals surface area (Å²) >= 11 is 0. The summed E-state index contributed by atoms with van der Waals surface area (Å²) in [5, 5.41) is 0. The summed E-state index contributed by atoms with van der Waals surface area (Å²) in [7, 11) is 5.82. The van der Waals surface area contributed by atoms with E-state index in [1.165, 1.54) is 16.7 Å². The molecule has 0 heterocycles. The van der Waals surface area contributed by atoms with E-state index in [0.717, 1.165) is 12.8 Å². The topological polar surface area (TPSA) is 23.6 Å². The van der Waals surface area contributed by atoms with Gasteiger partial charge in [0.05, 0.1) is 12.1 Å². The van der Waals surface area contributed by atoms with Crippen LogP contribution < -0.4 is 0 Å². The van der Waals surface area contributed by atoms with Crippen molar-refractivity contribution in [2.24, 2.45) is 0 Å². The van der Waals surface area contributed by atoms with Crippen molar-refractivity contribution in [2.45, 2.75) is 18.4 Å². The maximum Gasteiger partial charge on any atom is 0.237 e. The zero-order valence-corrected chi connectivity index (χ0v) is 15.3. The molecule has 0 atom stereocenters. The molecule has 2 aromatic carbocycles. The summed E-state index contributed by atoms with van der Waals surface area (Å²) in [4.78, 5) is 16.6. The molecule has 3 rings (SSSR count). The Kier molecular flexibility index (Phi) is 5.68. The summed E-state index contributed by atoms with van der Waals surface area (Å²) in [6, 6.07) is 19.0. The Balaban J connectivity index is 0.00000208. The van der Waals surface area contributed by atoms with E-state index in [-0.39, 0.29) is 23.9 Å². The fraction of sp³-hybridized carbons (Fsp3) is 0.350. The average molecular weight is 345 g/mol. The van der Waals surface area contributed by atoms with Crippen LogP contribution in [0.2, 0.25) is 0 Å². The first-order valence-corrected chi connectivity index (χ1v) is 8.07. The van der Waals surface area contributed by atoms with E-state index >= 15 is 0 Å². The van der Waals surface area contributed by atoms with Crippen LogP contribution in [0.25, 0.3) is 0 Å². The molecule has 1 aliphatic rings. The second kappa shape index (κ2) is 7.37. The first-order chi connectivity index (χ1) is 11.0. The number of fused-ring (bicyclic) bond motifs is 1. The lowest BCUT2D eigenvalue weighted by molar-refractivity contribution is -0.136. The maximum atomic E-state index is 12.8. The van der Waals surface area contributed by atoms with Gasteiger partial charge in [-0.1, -0.05) is 54.6 Å². The van der Waals surface area contributed by atoms with Crippen LogP contribution in [-0.4, -0.2) is 43.4 Å². The zero-order valence-electron chi connectivity index (χ0n) is 14.5. The number of amides is 1. The number of benzene rings is 2. The summed E-state index contributed by atoms with van der Waals surface area (Å²) in [6.07, 6.45) is 1.76. The number of halogens is 1. The van der Waals surface area contributed by atoms with Gasteiger partial charge in [-0.3, -0.25) is 4.79 Å². The minimum Gasteiger partial charge on any atom is -0.334 e. The smallest absolute Gasteiger partial charge is 0.237 e. The Hall–Kier alpha value is -1.84. The molecule has 0 saturated heterocycles. The summed E-state index contributed by atoms with van der Waals surface area (Å²) in [5.74, 6) is 0.159. The van der Waals surface area contributed by atoms with Gasteiger partial charge in [-0.15, -0.1) is 12.4 Å². The highest BCUT2D eigenvalue weighted by atomic mass is 35.5. The molecular formula is C20H25ClN2O. The van der Waals surface area contributed by atoms with Gasteiger partial charge in [0.15, 0.2) is 0 Å². The molecule has 24 heavy (non-hydrogen) atoms. The molecule has 0 saturated carbocycles. The van der Waals surface area contributed by atoms with Crippen LogP contribution in [0.3, 0.4) is 0 Å². The average Bonchev–Trinajstić information content (AvgIpc) is 2.95. The first-order valence-electron chi connectivity index (χ1n) is 8.07. The van der Waals surface area contributed by atoms with Gasteiger partial charge in [-0.05, 0) is 30.8 Å². The molecule has 128 valence electrons. The standard InChI is InChI=1S/C20H24N2O.ClH/c1-21(2)15-19(23)22(3)20(18-11-5-4-6-12-18)13-16-9-7-8-10-17(16)14-20;/h4-12H,13-15H2,1-3H3;1H. The van der Waals surface area contributed by atoms with E-state index in [0.29, 0.717) is 6.54 Å². The highest BCUT2D eigenvalue weighted by Crippen LogP contribution is 2.41. The first kappa shape index (κ1) is 18.5. The molecule has 0 bridgehead atoms. The number of likely N-dealkylation sites (N-methyl/N-ethyl adjacent to an activating group) is 2. The van der Waals surface area contributed by atoms with Crippen LogP contribution in [0.5, 0.6) is 0 Å². The summed E-state index contributed by atoms with van der Waals surface area (Å²) in [6.45, 7) is 0.432. The maximum absolute atomic E-state index is 12.8. The number of nitrogens with zero attached hydrogens (tertiary/aromatic N) is 2. The van der Waals surface area contributed by atoms with Gasteiger partial charge in [0.2, 0.25) is 5.91 Å². The molecule has 0 spiro atoms. The summed E-state index contributed by atoms with van der Waals surface area (Å²) < 4.78 is 0. The Morgan fingerprint density at radius 1 is 0.917 bits per heavy atom. The number of rotatable bonds is 4. The lowest BCUT2D eigenvalue weighted by Gasteiger charge is -2.40. The van der Waals surface area contributed by atoms with E-state index in [1.807, 2.05) is 37.0 Å². The third-order valence-corrected chi connectivity index (χ3v) is 4.86. The molecule has 0 unspecified atom stereocenters. The van der Waals surface area contributed by atoms with Crippen molar-refractivity contribution >= 4 is 18.3 Å². The number of hydrogen-bond donors (Lipinski definition) is 0. The lowest BCUT2D eigenvalue weighted by Crippen LogP contribution is -2.50. The predicted molar refractivity (Wildman–Crippen MR) is 101 cm³/mol. The third-order valence-electron chi connectivity index (χ3n) is 4.86. The Morgan fingerprint density at radius 3 is 1.92 bits per heavy atom. The van der Waals surface area contributed by atoms with E-state index in [1.54, 1.807) is 0 Å². The molecule has 1 aliphatic carbocycles. The summed E-state index contributed by atoms with van der Waals surface area (Å²) in [5.41, 5.74) is 3.63.